The molecular weight excluding hydrogens is 472 g/mol. The quantitative estimate of drug-likeness (QED) is 0.227. The van der Waals surface area contributed by atoms with Crippen LogP contribution in [-0.4, -0.2) is 47.2 Å². The maximum Gasteiger partial charge on any atom is 0.512 e. The highest BCUT2D eigenvalue weighted by Gasteiger charge is 2.22. The Morgan fingerprint density at radius 3 is 2.62 bits per heavy atom. The van der Waals surface area contributed by atoms with Crippen LogP contribution in [0.15, 0.2) is 53.7 Å². The first-order valence-electron chi connectivity index (χ1n) is 10.5. The van der Waals surface area contributed by atoms with Gasteiger partial charge in [0.1, 0.15) is 11.0 Å². The molecule has 3 heterocycles. The predicted octanol–water partition coefficient (Wildman–Crippen LogP) is 5.47. The molecule has 5 aromatic rings. The Morgan fingerprint density at radius 2 is 1.94 bits per heavy atom. The zero-order valence-corrected chi connectivity index (χ0v) is 20.0. The predicted molar refractivity (Wildman–Crippen MR) is 132 cm³/mol. The third-order valence-corrected chi connectivity index (χ3v) is 7.11. The molecule has 0 amide bonds. The van der Waals surface area contributed by atoms with E-state index >= 15 is 0 Å². The van der Waals surface area contributed by atoms with Gasteiger partial charge in [0.2, 0.25) is 5.06 Å². The molecule has 172 valence electrons. The van der Waals surface area contributed by atoms with Crippen molar-refractivity contribution in [2.75, 3.05) is 5.75 Å². The minimum absolute atomic E-state index is 0.349. The van der Waals surface area contributed by atoms with Crippen molar-refractivity contribution in [3.63, 3.8) is 0 Å². The number of H-pyrrole nitrogens is 1. The molecule has 5 rings (SSSR count). The van der Waals surface area contributed by atoms with Gasteiger partial charge in [-0.1, -0.05) is 78.6 Å². The van der Waals surface area contributed by atoms with Gasteiger partial charge in [0.05, 0.1) is 6.54 Å². The van der Waals surface area contributed by atoms with Gasteiger partial charge in [-0.15, -0.1) is 5.10 Å². The Bertz CT molecular complexity index is 1460. The number of imidazole rings is 1. The lowest BCUT2D eigenvalue weighted by Crippen LogP contribution is -2.05. The van der Waals surface area contributed by atoms with Crippen LogP contribution in [0.4, 0.5) is 4.79 Å². The van der Waals surface area contributed by atoms with Gasteiger partial charge >= 0.3 is 6.16 Å². The lowest BCUT2D eigenvalue weighted by atomic mass is 9.98. The molecule has 0 fully saturated rings. The van der Waals surface area contributed by atoms with Crippen LogP contribution < -0.4 is 4.74 Å². The molecule has 2 N–H and O–H groups in total. The van der Waals surface area contributed by atoms with Crippen LogP contribution in [0.5, 0.6) is 5.06 Å². The first kappa shape index (κ1) is 22.1. The average molecular weight is 493 g/mol. The zero-order valence-electron chi connectivity index (χ0n) is 18.3. The number of benzene rings is 2. The molecule has 11 heteroatoms. The van der Waals surface area contributed by atoms with E-state index < -0.39 is 6.16 Å². The number of fused-ring (bicyclic) bond motifs is 1. The van der Waals surface area contributed by atoms with E-state index in [-0.39, 0.29) is 0 Å². The molecule has 0 saturated heterocycles. The van der Waals surface area contributed by atoms with Gasteiger partial charge < -0.3 is 14.4 Å². The summed E-state index contributed by atoms with van der Waals surface area (Å²) in [5.41, 5.74) is 5.53. The van der Waals surface area contributed by atoms with Crippen molar-refractivity contribution in [2.45, 2.75) is 25.5 Å². The molecule has 0 radical (unpaired) electrons. The van der Waals surface area contributed by atoms with E-state index in [4.69, 9.17) is 9.72 Å². The Hall–Kier alpha value is -3.70. The number of aromatic amines is 1. The molecular formula is C23H20N6O3S2. The van der Waals surface area contributed by atoms with Gasteiger partial charge in [0.15, 0.2) is 11.0 Å². The number of ether oxygens (including phenoxy) is 1. The average Bonchev–Trinajstić information content (AvgIpc) is 3.54. The van der Waals surface area contributed by atoms with E-state index in [1.807, 2.05) is 35.8 Å². The fraction of sp³-hybridized carbons (Fsp3) is 0.174. The van der Waals surface area contributed by atoms with E-state index in [2.05, 4.69) is 51.8 Å². The molecule has 0 aliphatic rings. The van der Waals surface area contributed by atoms with Crippen LogP contribution in [0.3, 0.4) is 0 Å². The highest BCUT2D eigenvalue weighted by Crippen LogP contribution is 2.40. The normalized spacial score (nSPS) is 11.2. The molecule has 3 aromatic heterocycles. The third kappa shape index (κ3) is 4.15. The summed E-state index contributed by atoms with van der Waals surface area (Å²) in [6.45, 7) is 4.53. The van der Waals surface area contributed by atoms with Gasteiger partial charge in [0.25, 0.3) is 0 Å². The Kier molecular flexibility index (Phi) is 6.03. The Labute approximate surface area is 202 Å². The Balaban J connectivity index is 1.51. The number of carbonyl (C=O) groups is 1. The van der Waals surface area contributed by atoms with Crippen LogP contribution in [0.2, 0.25) is 0 Å². The van der Waals surface area contributed by atoms with Crippen molar-refractivity contribution in [1.82, 2.24) is 30.2 Å². The van der Waals surface area contributed by atoms with Gasteiger partial charge in [-0.25, -0.2) is 14.9 Å². The van der Waals surface area contributed by atoms with Gasteiger partial charge in [0, 0.05) is 10.4 Å². The van der Waals surface area contributed by atoms with Crippen molar-refractivity contribution < 1.29 is 14.6 Å². The second-order valence-corrected chi connectivity index (χ2v) is 9.84. The standard InChI is InChI=1S/C23H20N6O3S2/c1-3-33-22-24-18-13(2)34-21(32-23(30)31)19(18)29(22)12-14-8-10-15(11-9-14)16-6-4-5-7-17(16)20-25-27-28-26-20/h4-11H,3,12H2,1-2H3,(H,30,31)(H,25,26,27,28). The van der Waals surface area contributed by atoms with E-state index in [9.17, 15) is 9.90 Å². The molecule has 9 nitrogen and oxygen atoms in total. The second-order valence-electron chi connectivity index (χ2n) is 7.42. The lowest BCUT2D eigenvalue weighted by Gasteiger charge is -2.11. The molecule has 0 aliphatic carbocycles. The summed E-state index contributed by atoms with van der Waals surface area (Å²) in [4.78, 5) is 16.9. The number of aromatic nitrogens is 6. The van der Waals surface area contributed by atoms with Crippen LogP contribution >= 0.6 is 23.1 Å². The number of thioether (sulfide) groups is 1. The maximum absolute atomic E-state index is 11.2. The maximum atomic E-state index is 11.2. The molecule has 2 aromatic carbocycles. The largest absolute Gasteiger partial charge is 0.512 e. The SMILES string of the molecule is CCSc1nc2c(C)sc(OC(=O)O)c2n1Cc1ccc(-c2ccccc2-c2nnn[nH]2)cc1. The van der Waals surface area contributed by atoms with Crippen LogP contribution in [0.25, 0.3) is 33.5 Å². The number of aryl methyl sites for hydroxylation is 1. The monoisotopic (exact) mass is 492 g/mol. The van der Waals surface area contributed by atoms with Crippen LogP contribution in [-0.2, 0) is 6.54 Å². The number of nitrogens with zero attached hydrogens (tertiary/aromatic N) is 5. The summed E-state index contributed by atoms with van der Waals surface area (Å²) in [6.07, 6.45) is -1.33. The van der Waals surface area contributed by atoms with Crippen molar-refractivity contribution in [3.05, 3.63) is 59.0 Å². The number of rotatable bonds is 7. The number of tetrazole rings is 1. The number of hydrogen-bond acceptors (Lipinski definition) is 8. The summed E-state index contributed by atoms with van der Waals surface area (Å²) >= 11 is 2.92. The molecule has 0 atom stereocenters. The summed E-state index contributed by atoms with van der Waals surface area (Å²) in [5, 5.41) is 24.6. The fourth-order valence-electron chi connectivity index (χ4n) is 3.84. The topological polar surface area (TPSA) is 119 Å². The summed E-state index contributed by atoms with van der Waals surface area (Å²) in [7, 11) is 0. The minimum Gasteiger partial charge on any atom is -0.449 e. The van der Waals surface area contributed by atoms with Gasteiger partial charge in [-0.05, 0) is 39.8 Å². The molecule has 0 saturated carbocycles. The second kappa shape index (κ2) is 9.27. The Morgan fingerprint density at radius 1 is 1.18 bits per heavy atom. The van der Waals surface area contributed by atoms with Crippen molar-refractivity contribution in [3.8, 4) is 27.6 Å². The van der Waals surface area contributed by atoms with Crippen molar-refractivity contribution in [1.29, 1.82) is 0 Å². The first-order chi connectivity index (χ1) is 16.5. The van der Waals surface area contributed by atoms with Gasteiger partial charge in [-0.3, -0.25) is 0 Å². The van der Waals surface area contributed by atoms with Crippen LogP contribution in [0.1, 0.15) is 17.4 Å². The van der Waals surface area contributed by atoms with E-state index in [1.165, 1.54) is 11.3 Å². The smallest absolute Gasteiger partial charge is 0.449 e. The number of hydrogen-bond donors (Lipinski definition) is 2. The highest BCUT2D eigenvalue weighted by atomic mass is 32.2. The summed E-state index contributed by atoms with van der Waals surface area (Å²) in [6, 6.07) is 16.2. The fourth-order valence-corrected chi connectivity index (χ4v) is 5.50. The number of nitrogens with one attached hydrogen (secondary N) is 1. The number of carboxylic acid groups (broad SMARTS) is 1. The number of thiophene rings is 1. The molecule has 34 heavy (non-hydrogen) atoms. The highest BCUT2D eigenvalue weighted by molar-refractivity contribution is 7.99. The van der Waals surface area contributed by atoms with E-state index in [0.29, 0.717) is 22.9 Å². The van der Waals surface area contributed by atoms with E-state index in [0.717, 1.165) is 43.6 Å². The summed E-state index contributed by atoms with van der Waals surface area (Å²) < 4.78 is 7.13. The molecule has 0 spiro atoms. The molecule has 0 aliphatic heterocycles. The summed E-state index contributed by atoms with van der Waals surface area (Å²) in [5.74, 6) is 1.46. The zero-order chi connectivity index (χ0) is 23.7. The third-order valence-electron chi connectivity index (χ3n) is 5.29. The molecule has 0 unspecified atom stereocenters. The first-order valence-corrected chi connectivity index (χ1v) is 12.3. The van der Waals surface area contributed by atoms with Crippen molar-refractivity contribution in [2.24, 2.45) is 0 Å². The molecule has 0 bridgehead atoms. The minimum atomic E-state index is -1.33. The van der Waals surface area contributed by atoms with Gasteiger partial charge in [-0.2, -0.15) is 0 Å². The van der Waals surface area contributed by atoms with E-state index in [1.54, 1.807) is 11.8 Å². The lowest BCUT2D eigenvalue weighted by molar-refractivity contribution is 0.146. The van der Waals surface area contributed by atoms with Crippen LogP contribution in [0, 0.1) is 6.92 Å². The van der Waals surface area contributed by atoms with Crippen molar-refractivity contribution >= 4 is 40.3 Å².